The van der Waals surface area contributed by atoms with Crippen LogP contribution in [0.15, 0.2) is 42.9 Å². The Morgan fingerprint density at radius 3 is 2.60 bits per heavy atom. The van der Waals surface area contributed by atoms with E-state index in [1.54, 1.807) is 18.6 Å². The first-order valence-electron chi connectivity index (χ1n) is 4.65. The summed E-state index contributed by atoms with van der Waals surface area (Å²) in [5, 5.41) is 0. The van der Waals surface area contributed by atoms with E-state index >= 15 is 0 Å². The van der Waals surface area contributed by atoms with E-state index in [4.69, 9.17) is 11.5 Å². The molecule has 4 N–H and O–H groups in total. The topological polar surface area (TPSA) is 77.8 Å². The Labute approximate surface area is 88.0 Å². The van der Waals surface area contributed by atoms with E-state index in [1.165, 1.54) is 0 Å². The van der Waals surface area contributed by atoms with Gasteiger partial charge in [0.1, 0.15) is 5.82 Å². The molecule has 2 aromatic heterocycles. The maximum absolute atomic E-state index is 6.06. The molecule has 0 saturated carbocycles. The Morgan fingerprint density at radius 2 is 1.93 bits per heavy atom. The zero-order valence-corrected chi connectivity index (χ0v) is 8.17. The maximum Gasteiger partial charge on any atom is 0.128 e. The van der Waals surface area contributed by atoms with Crippen molar-refractivity contribution >= 4 is 5.82 Å². The Hall–Kier alpha value is -1.94. The molecule has 0 saturated heterocycles. The van der Waals surface area contributed by atoms with Gasteiger partial charge in [-0.25, -0.2) is 4.98 Å². The van der Waals surface area contributed by atoms with Crippen LogP contribution in [0.2, 0.25) is 0 Å². The summed E-state index contributed by atoms with van der Waals surface area (Å²) in [6.45, 7) is 0. The van der Waals surface area contributed by atoms with Crippen LogP contribution in [0, 0.1) is 0 Å². The Morgan fingerprint density at radius 1 is 1.13 bits per heavy atom. The summed E-state index contributed by atoms with van der Waals surface area (Å²) in [6.07, 6.45) is 5.09. The lowest BCUT2D eigenvalue weighted by molar-refractivity contribution is 0.860. The van der Waals surface area contributed by atoms with Gasteiger partial charge in [-0.2, -0.15) is 0 Å². The van der Waals surface area contributed by atoms with Crippen molar-refractivity contribution in [3.05, 3.63) is 54.0 Å². The zero-order chi connectivity index (χ0) is 10.7. The summed E-state index contributed by atoms with van der Waals surface area (Å²) >= 11 is 0. The van der Waals surface area contributed by atoms with Gasteiger partial charge in [0.05, 0.1) is 6.04 Å². The fourth-order valence-electron chi connectivity index (χ4n) is 1.43. The fraction of sp³-hybridized carbons (Fsp3) is 0.0909. The van der Waals surface area contributed by atoms with Crippen molar-refractivity contribution in [2.75, 3.05) is 5.73 Å². The van der Waals surface area contributed by atoms with Crippen LogP contribution in [0.3, 0.4) is 0 Å². The first-order chi connectivity index (χ1) is 7.29. The summed E-state index contributed by atoms with van der Waals surface area (Å²) in [4.78, 5) is 8.02. The van der Waals surface area contributed by atoms with Gasteiger partial charge in [-0.15, -0.1) is 0 Å². The van der Waals surface area contributed by atoms with Crippen LogP contribution < -0.4 is 11.5 Å². The highest BCUT2D eigenvalue weighted by atomic mass is 14.8. The maximum atomic E-state index is 6.06. The normalized spacial score (nSPS) is 12.3. The van der Waals surface area contributed by atoms with Gasteiger partial charge in [-0.05, 0) is 17.7 Å². The molecule has 2 heterocycles. The van der Waals surface area contributed by atoms with Crippen LogP contribution in [-0.2, 0) is 0 Å². The van der Waals surface area contributed by atoms with Gasteiger partial charge < -0.3 is 11.5 Å². The van der Waals surface area contributed by atoms with Crippen LogP contribution in [0.5, 0.6) is 0 Å². The number of hydrogen-bond acceptors (Lipinski definition) is 4. The molecule has 0 spiro atoms. The highest BCUT2D eigenvalue weighted by molar-refractivity contribution is 5.44. The fourth-order valence-corrected chi connectivity index (χ4v) is 1.43. The molecule has 0 bridgehead atoms. The van der Waals surface area contributed by atoms with Gasteiger partial charge >= 0.3 is 0 Å². The molecule has 0 amide bonds. The number of rotatable bonds is 2. The highest BCUT2D eigenvalue weighted by Crippen LogP contribution is 2.21. The third-order valence-corrected chi connectivity index (χ3v) is 2.25. The number of nitrogens with two attached hydrogens (primary N) is 2. The van der Waals surface area contributed by atoms with E-state index in [2.05, 4.69) is 9.97 Å². The van der Waals surface area contributed by atoms with Gasteiger partial charge in [0, 0.05) is 24.2 Å². The van der Waals surface area contributed by atoms with Crippen molar-refractivity contribution in [3.63, 3.8) is 0 Å². The van der Waals surface area contributed by atoms with Crippen LogP contribution in [0.1, 0.15) is 17.2 Å². The summed E-state index contributed by atoms with van der Waals surface area (Å²) in [5.41, 5.74) is 13.6. The lowest BCUT2D eigenvalue weighted by Crippen LogP contribution is -2.14. The van der Waals surface area contributed by atoms with Gasteiger partial charge in [0.25, 0.3) is 0 Å². The minimum atomic E-state index is -0.271. The largest absolute Gasteiger partial charge is 0.383 e. The molecule has 76 valence electrons. The summed E-state index contributed by atoms with van der Waals surface area (Å²) in [7, 11) is 0. The van der Waals surface area contributed by atoms with E-state index in [0.717, 1.165) is 11.1 Å². The lowest BCUT2D eigenvalue weighted by Gasteiger charge is -2.13. The molecule has 0 aromatic carbocycles. The Kier molecular flexibility index (Phi) is 2.60. The minimum absolute atomic E-state index is 0.271. The third-order valence-electron chi connectivity index (χ3n) is 2.25. The van der Waals surface area contributed by atoms with E-state index in [-0.39, 0.29) is 6.04 Å². The van der Waals surface area contributed by atoms with Crippen molar-refractivity contribution in [3.8, 4) is 0 Å². The molecule has 0 radical (unpaired) electrons. The van der Waals surface area contributed by atoms with Crippen molar-refractivity contribution in [1.29, 1.82) is 0 Å². The number of nitrogens with zero attached hydrogens (tertiary/aromatic N) is 2. The molecule has 0 aliphatic heterocycles. The molecular weight excluding hydrogens is 188 g/mol. The van der Waals surface area contributed by atoms with Gasteiger partial charge in [-0.1, -0.05) is 12.1 Å². The third kappa shape index (κ3) is 1.94. The van der Waals surface area contributed by atoms with E-state index in [1.807, 2.05) is 24.3 Å². The quantitative estimate of drug-likeness (QED) is 0.761. The predicted molar refractivity (Wildman–Crippen MR) is 58.9 cm³/mol. The molecule has 1 unspecified atom stereocenters. The number of aromatic nitrogens is 2. The molecule has 1 atom stereocenters. The SMILES string of the molecule is Nc1ncccc1C(N)c1cccnc1. The first kappa shape index (κ1) is 9.61. The summed E-state index contributed by atoms with van der Waals surface area (Å²) in [6, 6.07) is 7.20. The van der Waals surface area contributed by atoms with Crippen LogP contribution >= 0.6 is 0 Å². The standard InChI is InChI=1S/C11H12N4/c12-10(8-3-1-5-14-7-8)9-4-2-6-15-11(9)13/h1-7,10H,12H2,(H2,13,15). The second kappa shape index (κ2) is 4.06. The van der Waals surface area contributed by atoms with Crippen molar-refractivity contribution in [1.82, 2.24) is 9.97 Å². The smallest absolute Gasteiger partial charge is 0.128 e. The van der Waals surface area contributed by atoms with Crippen LogP contribution in [0.25, 0.3) is 0 Å². The van der Waals surface area contributed by atoms with E-state index in [9.17, 15) is 0 Å². The second-order valence-corrected chi connectivity index (χ2v) is 3.24. The second-order valence-electron chi connectivity index (χ2n) is 3.24. The van der Waals surface area contributed by atoms with E-state index in [0.29, 0.717) is 5.82 Å². The molecule has 0 fully saturated rings. The summed E-state index contributed by atoms with van der Waals surface area (Å²) in [5.74, 6) is 0.467. The monoisotopic (exact) mass is 200 g/mol. The molecule has 2 aromatic rings. The average Bonchev–Trinajstić information content (AvgIpc) is 2.30. The highest BCUT2D eigenvalue weighted by Gasteiger charge is 2.11. The van der Waals surface area contributed by atoms with Gasteiger partial charge in [0.15, 0.2) is 0 Å². The predicted octanol–water partition coefficient (Wildman–Crippen LogP) is 1.11. The lowest BCUT2D eigenvalue weighted by atomic mass is 10.0. The van der Waals surface area contributed by atoms with Gasteiger partial charge in [-0.3, -0.25) is 4.98 Å². The molecular formula is C11H12N4. The zero-order valence-electron chi connectivity index (χ0n) is 8.17. The molecule has 0 aliphatic carbocycles. The molecule has 4 heteroatoms. The van der Waals surface area contributed by atoms with Crippen LogP contribution in [-0.4, -0.2) is 9.97 Å². The average molecular weight is 200 g/mol. The van der Waals surface area contributed by atoms with Gasteiger partial charge in [0.2, 0.25) is 0 Å². The van der Waals surface area contributed by atoms with Crippen molar-refractivity contribution < 1.29 is 0 Å². The minimum Gasteiger partial charge on any atom is -0.383 e. The number of hydrogen-bond donors (Lipinski definition) is 2. The van der Waals surface area contributed by atoms with Crippen molar-refractivity contribution in [2.45, 2.75) is 6.04 Å². The first-order valence-corrected chi connectivity index (χ1v) is 4.65. The molecule has 15 heavy (non-hydrogen) atoms. The Bertz CT molecular complexity index is 441. The summed E-state index contributed by atoms with van der Waals surface area (Å²) < 4.78 is 0. The number of nitrogen functional groups attached to an aromatic ring is 1. The van der Waals surface area contributed by atoms with Crippen LogP contribution in [0.4, 0.5) is 5.82 Å². The number of pyridine rings is 2. The van der Waals surface area contributed by atoms with E-state index < -0.39 is 0 Å². The Balaban J connectivity index is 2.37. The molecule has 2 rings (SSSR count). The number of anilines is 1. The molecule has 0 aliphatic rings. The van der Waals surface area contributed by atoms with Crippen molar-refractivity contribution in [2.24, 2.45) is 5.73 Å². The molecule has 4 nitrogen and oxygen atoms in total.